The van der Waals surface area contributed by atoms with Crippen LogP contribution in [0.4, 0.5) is 5.69 Å². The van der Waals surface area contributed by atoms with Crippen LogP contribution in [0.1, 0.15) is 28.2 Å². The van der Waals surface area contributed by atoms with E-state index in [0.717, 1.165) is 39.1 Å². The van der Waals surface area contributed by atoms with E-state index in [9.17, 15) is 4.79 Å². The number of aromatic nitrogens is 4. The molecule has 0 radical (unpaired) electrons. The van der Waals surface area contributed by atoms with Crippen molar-refractivity contribution in [2.45, 2.75) is 6.92 Å². The minimum Gasteiger partial charge on any atom is -0.320 e. The first-order valence-electron chi connectivity index (χ1n) is 9.25. The van der Waals surface area contributed by atoms with Gasteiger partial charge >= 0.3 is 0 Å². The molecule has 0 atom stereocenters. The van der Waals surface area contributed by atoms with Crippen LogP contribution in [-0.2, 0) is 4.79 Å². The van der Waals surface area contributed by atoms with Crippen LogP contribution in [-0.4, -0.2) is 26.1 Å². The summed E-state index contributed by atoms with van der Waals surface area (Å²) in [4.78, 5) is 20.9. The van der Waals surface area contributed by atoms with Gasteiger partial charge in [-0.3, -0.25) is 19.9 Å². The zero-order valence-corrected chi connectivity index (χ0v) is 15.7. The normalized spacial score (nSPS) is 14.7. The lowest BCUT2D eigenvalue weighted by atomic mass is 10.1. The number of hydrogen-bond donors (Lipinski definition) is 2. The summed E-state index contributed by atoms with van der Waals surface area (Å²) in [7, 11) is 0. The van der Waals surface area contributed by atoms with E-state index in [1.165, 1.54) is 0 Å². The maximum Gasteiger partial charge on any atom is 0.258 e. The van der Waals surface area contributed by atoms with Crippen molar-refractivity contribution >= 4 is 46.3 Å². The van der Waals surface area contributed by atoms with Crippen molar-refractivity contribution in [2.75, 3.05) is 5.32 Å². The molecule has 0 spiro atoms. The second-order valence-electron chi connectivity index (χ2n) is 6.89. The predicted molar refractivity (Wildman–Crippen MR) is 115 cm³/mol. The zero-order chi connectivity index (χ0) is 19.8. The van der Waals surface area contributed by atoms with Crippen LogP contribution in [0.3, 0.4) is 0 Å². The largest absolute Gasteiger partial charge is 0.320 e. The molecular weight excluding hydrogens is 362 g/mol. The molecule has 29 heavy (non-hydrogen) atoms. The third-order valence-electron chi connectivity index (χ3n) is 4.85. The van der Waals surface area contributed by atoms with Gasteiger partial charge in [0.25, 0.3) is 5.91 Å². The summed E-state index contributed by atoms with van der Waals surface area (Å²) in [5, 5.41) is 11.4. The number of aryl methyl sites for hydroxylation is 1. The van der Waals surface area contributed by atoms with E-state index in [-0.39, 0.29) is 5.91 Å². The highest BCUT2D eigenvalue weighted by molar-refractivity contribution is 6.34. The van der Waals surface area contributed by atoms with Crippen molar-refractivity contribution in [1.82, 2.24) is 20.2 Å². The molecule has 3 aromatic heterocycles. The number of H-pyrrole nitrogens is 1. The molecule has 0 fully saturated rings. The lowest BCUT2D eigenvalue weighted by Gasteiger charge is -2.00. The number of nitrogens with zero attached hydrogens (tertiary/aromatic N) is 3. The average Bonchev–Trinajstić information content (AvgIpc) is 3.28. The molecule has 1 aliphatic rings. The average molecular weight is 379 g/mol. The smallest absolute Gasteiger partial charge is 0.258 e. The summed E-state index contributed by atoms with van der Waals surface area (Å²) < 4.78 is 0. The highest BCUT2D eigenvalue weighted by atomic mass is 16.2. The molecular formula is C23H17N5O. The van der Waals surface area contributed by atoms with Gasteiger partial charge in [-0.05, 0) is 66.6 Å². The van der Waals surface area contributed by atoms with Gasteiger partial charge in [-0.15, -0.1) is 0 Å². The minimum atomic E-state index is -0.135. The topological polar surface area (TPSA) is 83.6 Å². The number of carbonyl (C=O) groups is 1. The molecule has 140 valence electrons. The second-order valence-corrected chi connectivity index (χ2v) is 6.89. The molecule has 0 aliphatic carbocycles. The Balaban J connectivity index is 1.49. The van der Waals surface area contributed by atoms with Crippen molar-refractivity contribution in [2.24, 2.45) is 0 Å². The van der Waals surface area contributed by atoms with E-state index in [2.05, 4.69) is 25.5 Å². The lowest BCUT2D eigenvalue weighted by molar-refractivity contribution is -0.110. The first kappa shape index (κ1) is 17.1. The molecule has 6 nitrogen and oxygen atoms in total. The monoisotopic (exact) mass is 379 g/mol. The fraction of sp³-hybridized carbons (Fsp3) is 0.0435. The predicted octanol–water partition coefficient (Wildman–Crippen LogP) is 4.32. The number of benzene rings is 1. The van der Waals surface area contributed by atoms with Gasteiger partial charge in [0.05, 0.1) is 28.2 Å². The second kappa shape index (κ2) is 6.83. The van der Waals surface area contributed by atoms with Gasteiger partial charge in [-0.1, -0.05) is 12.1 Å². The van der Waals surface area contributed by atoms with Crippen molar-refractivity contribution in [3.63, 3.8) is 0 Å². The molecule has 4 aromatic rings. The summed E-state index contributed by atoms with van der Waals surface area (Å²) in [5.41, 5.74) is 6.63. The third kappa shape index (κ3) is 3.21. The van der Waals surface area contributed by atoms with Crippen LogP contribution < -0.4 is 5.32 Å². The molecule has 4 heterocycles. The number of aromatic amines is 1. The summed E-state index contributed by atoms with van der Waals surface area (Å²) in [6.45, 7) is 1.92. The van der Waals surface area contributed by atoms with Gasteiger partial charge in [0.2, 0.25) is 0 Å². The number of amides is 1. The maximum atomic E-state index is 12.4. The maximum absolute atomic E-state index is 12.4. The number of pyridine rings is 2. The Kier molecular flexibility index (Phi) is 4.02. The van der Waals surface area contributed by atoms with Gasteiger partial charge < -0.3 is 5.32 Å². The summed E-state index contributed by atoms with van der Waals surface area (Å²) in [6, 6.07) is 13.6. The summed E-state index contributed by atoms with van der Waals surface area (Å²) in [6.07, 6.45) is 9.35. The van der Waals surface area contributed by atoms with E-state index >= 15 is 0 Å². The van der Waals surface area contributed by atoms with Crippen LogP contribution >= 0.6 is 0 Å². The van der Waals surface area contributed by atoms with Gasteiger partial charge in [-0.25, -0.2) is 0 Å². The zero-order valence-electron chi connectivity index (χ0n) is 15.7. The van der Waals surface area contributed by atoms with Crippen LogP contribution in [0.25, 0.3) is 34.7 Å². The van der Waals surface area contributed by atoms with Crippen LogP contribution in [0.5, 0.6) is 0 Å². The molecule has 0 bridgehead atoms. The molecule has 1 aromatic carbocycles. The Morgan fingerprint density at radius 1 is 0.966 bits per heavy atom. The number of anilines is 1. The SMILES string of the molecule is Cc1ccc2c(n1)C(=Cc1ccc3c(/C=C/c4ccncc4)n[nH]c3c1)C(=O)N2. The van der Waals surface area contributed by atoms with E-state index in [4.69, 9.17) is 0 Å². The Bertz CT molecular complexity index is 1300. The van der Waals surface area contributed by atoms with Crippen LogP contribution in [0.15, 0.2) is 54.9 Å². The van der Waals surface area contributed by atoms with Crippen molar-refractivity contribution in [3.05, 3.63) is 83.1 Å². The molecule has 0 unspecified atom stereocenters. The number of fused-ring (bicyclic) bond motifs is 2. The molecule has 1 amide bonds. The summed E-state index contributed by atoms with van der Waals surface area (Å²) in [5.74, 6) is -0.135. The van der Waals surface area contributed by atoms with E-state index in [0.29, 0.717) is 11.3 Å². The first-order chi connectivity index (χ1) is 14.2. The number of hydrogen-bond acceptors (Lipinski definition) is 4. The van der Waals surface area contributed by atoms with Crippen molar-refractivity contribution in [3.8, 4) is 0 Å². The van der Waals surface area contributed by atoms with E-state index in [1.807, 2.05) is 67.6 Å². The van der Waals surface area contributed by atoms with Crippen molar-refractivity contribution < 1.29 is 4.79 Å². The fourth-order valence-corrected chi connectivity index (χ4v) is 3.39. The molecule has 0 saturated carbocycles. The van der Waals surface area contributed by atoms with Crippen molar-refractivity contribution in [1.29, 1.82) is 0 Å². The molecule has 0 saturated heterocycles. The van der Waals surface area contributed by atoms with Gasteiger partial charge in [0.1, 0.15) is 0 Å². The lowest BCUT2D eigenvalue weighted by Crippen LogP contribution is -2.03. The minimum absolute atomic E-state index is 0.135. The summed E-state index contributed by atoms with van der Waals surface area (Å²) >= 11 is 0. The van der Waals surface area contributed by atoms with E-state index in [1.54, 1.807) is 12.4 Å². The fourth-order valence-electron chi connectivity index (χ4n) is 3.39. The highest BCUT2D eigenvalue weighted by Gasteiger charge is 2.25. The molecule has 6 heteroatoms. The Morgan fingerprint density at radius 3 is 2.69 bits per heavy atom. The molecule has 1 aliphatic heterocycles. The van der Waals surface area contributed by atoms with Gasteiger partial charge in [-0.2, -0.15) is 5.10 Å². The third-order valence-corrected chi connectivity index (χ3v) is 4.85. The molecule has 2 N–H and O–H groups in total. The quantitative estimate of drug-likeness (QED) is 0.519. The van der Waals surface area contributed by atoms with Gasteiger partial charge in [0.15, 0.2) is 0 Å². The Labute approximate surface area is 167 Å². The van der Waals surface area contributed by atoms with Crippen LogP contribution in [0, 0.1) is 6.92 Å². The van der Waals surface area contributed by atoms with E-state index < -0.39 is 0 Å². The Hall–Kier alpha value is -4.06. The molecule has 5 rings (SSSR count). The van der Waals surface area contributed by atoms with Crippen LogP contribution in [0.2, 0.25) is 0 Å². The van der Waals surface area contributed by atoms with Gasteiger partial charge in [0, 0.05) is 23.5 Å². The number of rotatable bonds is 3. The number of nitrogens with one attached hydrogen (secondary N) is 2. The highest BCUT2D eigenvalue weighted by Crippen LogP contribution is 2.32. The Morgan fingerprint density at radius 2 is 1.83 bits per heavy atom. The first-order valence-corrected chi connectivity index (χ1v) is 9.25. The standard InChI is InChI=1S/C23H17N5O/c1-14-2-6-20-22(25-14)18(23(29)26-20)12-16-3-5-17-19(27-28-21(17)13-16)7-4-15-8-10-24-11-9-15/h2-13H,1H3,(H,26,29)(H,27,28)/b7-4+,18-12?. The number of carbonyl (C=O) groups excluding carboxylic acids is 1.